The van der Waals surface area contributed by atoms with Gasteiger partial charge in [-0.3, -0.25) is 4.79 Å². The molecule has 0 bridgehead atoms. The van der Waals surface area contributed by atoms with Crippen LogP contribution in [-0.4, -0.2) is 54.6 Å². The summed E-state index contributed by atoms with van der Waals surface area (Å²) in [4.78, 5) is 14.3. The molecule has 1 amide bonds. The van der Waals surface area contributed by atoms with Gasteiger partial charge in [-0.1, -0.05) is 23.2 Å². The van der Waals surface area contributed by atoms with Gasteiger partial charge in [0.2, 0.25) is 5.91 Å². The number of halogens is 3. The number of nitrogens with one attached hydrogen (secondary N) is 1. The molecule has 2 aliphatic heterocycles. The van der Waals surface area contributed by atoms with Crippen molar-refractivity contribution in [1.29, 1.82) is 0 Å². The Balaban J connectivity index is 1.65. The van der Waals surface area contributed by atoms with Gasteiger partial charge in [-0.15, -0.1) is 0 Å². The molecule has 0 saturated carbocycles. The molecule has 1 aromatic rings. The van der Waals surface area contributed by atoms with Crippen molar-refractivity contribution >= 4 is 40.9 Å². The fraction of sp³-hybridized carbons (Fsp3) is 0.562. The lowest BCUT2D eigenvalue weighted by molar-refractivity contribution is -0.139. The summed E-state index contributed by atoms with van der Waals surface area (Å²) in [6, 6.07) is 2.89. The number of nitrogens with zero attached hydrogens (tertiary/aromatic N) is 1. The monoisotopic (exact) mass is 392 g/mol. The Morgan fingerprint density at radius 2 is 2.25 bits per heavy atom. The Bertz CT molecular complexity index is 614. The topological polar surface area (TPSA) is 41.6 Å². The molecule has 0 radical (unpaired) electrons. The van der Waals surface area contributed by atoms with Gasteiger partial charge in [0, 0.05) is 47.6 Å². The minimum atomic E-state index is -0.536. The molecule has 8 heteroatoms. The molecule has 2 saturated heterocycles. The SMILES string of the molecule is O=C(CC1CSCCN1)N1CCOC(c2cc(F)c(Cl)cc2Cl)C1. The zero-order valence-corrected chi connectivity index (χ0v) is 15.4. The number of carbonyl (C=O) groups is 1. The summed E-state index contributed by atoms with van der Waals surface area (Å²) < 4.78 is 19.4. The summed E-state index contributed by atoms with van der Waals surface area (Å²) in [5.41, 5.74) is 0.530. The van der Waals surface area contributed by atoms with E-state index in [9.17, 15) is 9.18 Å². The molecule has 0 spiro atoms. The summed E-state index contributed by atoms with van der Waals surface area (Å²) in [5.74, 6) is 1.60. The maximum absolute atomic E-state index is 13.7. The highest BCUT2D eigenvalue weighted by Gasteiger charge is 2.29. The van der Waals surface area contributed by atoms with E-state index in [0.717, 1.165) is 18.1 Å². The van der Waals surface area contributed by atoms with E-state index >= 15 is 0 Å². The molecule has 0 aliphatic carbocycles. The minimum absolute atomic E-state index is 0.0200. The first-order chi connectivity index (χ1) is 11.5. The highest BCUT2D eigenvalue weighted by molar-refractivity contribution is 7.99. The smallest absolute Gasteiger partial charge is 0.224 e. The van der Waals surface area contributed by atoms with Crippen LogP contribution in [0.3, 0.4) is 0 Å². The van der Waals surface area contributed by atoms with Crippen LogP contribution in [-0.2, 0) is 9.53 Å². The van der Waals surface area contributed by atoms with Crippen molar-refractivity contribution in [2.24, 2.45) is 0 Å². The van der Waals surface area contributed by atoms with Crippen LogP contribution in [0.2, 0.25) is 10.0 Å². The molecule has 2 fully saturated rings. The van der Waals surface area contributed by atoms with Crippen molar-refractivity contribution in [3.8, 4) is 0 Å². The first-order valence-corrected chi connectivity index (χ1v) is 9.80. The summed E-state index contributed by atoms with van der Waals surface area (Å²) >= 11 is 13.8. The normalized spacial score (nSPS) is 24.9. The standard InChI is InChI=1S/C16H19Cl2FN2O2S/c17-12-7-13(18)14(19)6-11(12)15-8-21(2-3-23-15)16(22)5-10-9-24-4-1-20-10/h6-7,10,15,20H,1-5,8-9H2. The van der Waals surface area contributed by atoms with Crippen LogP contribution in [0.1, 0.15) is 18.1 Å². The number of carbonyl (C=O) groups excluding carboxylic acids is 1. The van der Waals surface area contributed by atoms with E-state index in [4.69, 9.17) is 27.9 Å². The predicted octanol–water partition coefficient (Wildman–Crippen LogP) is 3.13. The van der Waals surface area contributed by atoms with Crippen LogP contribution in [0.25, 0.3) is 0 Å². The summed E-state index contributed by atoms with van der Waals surface area (Å²) in [5, 5.41) is 3.70. The molecule has 1 N–H and O–H groups in total. The number of hydrogen-bond acceptors (Lipinski definition) is 4. The zero-order chi connectivity index (χ0) is 17.1. The van der Waals surface area contributed by atoms with Gasteiger partial charge in [-0.2, -0.15) is 11.8 Å². The third-order valence-corrected chi connectivity index (χ3v) is 5.97. The van der Waals surface area contributed by atoms with Gasteiger partial charge in [0.15, 0.2) is 0 Å². The molecule has 1 aromatic carbocycles. The van der Waals surface area contributed by atoms with Gasteiger partial charge in [0.25, 0.3) is 0 Å². The van der Waals surface area contributed by atoms with E-state index in [1.54, 1.807) is 4.90 Å². The molecule has 2 atom stereocenters. The molecule has 3 rings (SSSR count). The number of rotatable bonds is 3. The molecule has 2 heterocycles. The lowest BCUT2D eigenvalue weighted by Crippen LogP contribution is -2.46. The van der Waals surface area contributed by atoms with Crippen LogP contribution in [0.4, 0.5) is 4.39 Å². The van der Waals surface area contributed by atoms with E-state index in [1.807, 2.05) is 11.8 Å². The Labute approximate surface area is 155 Å². The van der Waals surface area contributed by atoms with E-state index < -0.39 is 11.9 Å². The maximum Gasteiger partial charge on any atom is 0.224 e. The third-order valence-electron chi connectivity index (χ3n) is 4.23. The lowest BCUT2D eigenvalue weighted by Gasteiger charge is -2.35. The van der Waals surface area contributed by atoms with E-state index in [0.29, 0.717) is 36.7 Å². The van der Waals surface area contributed by atoms with Crippen molar-refractivity contribution in [1.82, 2.24) is 10.2 Å². The number of amides is 1. The Kier molecular flexibility index (Phi) is 6.27. The fourth-order valence-electron chi connectivity index (χ4n) is 2.94. The first kappa shape index (κ1) is 18.3. The van der Waals surface area contributed by atoms with Crippen molar-refractivity contribution in [2.45, 2.75) is 18.6 Å². The Morgan fingerprint density at radius 3 is 3.00 bits per heavy atom. The second-order valence-electron chi connectivity index (χ2n) is 5.92. The molecule has 132 valence electrons. The molecule has 0 aromatic heterocycles. The molecule has 2 aliphatic rings. The van der Waals surface area contributed by atoms with Crippen LogP contribution in [0, 0.1) is 5.82 Å². The zero-order valence-electron chi connectivity index (χ0n) is 13.1. The largest absolute Gasteiger partial charge is 0.370 e. The number of ether oxygens (including phenoxy) is 1. The maximum atomic E-state index is 13.7. The van der Waals surface area contributed by atoms with Gasteiger partial charge in [-0.25, -0.2) is 4.39 Å². The van der Waals surface area contributed by atoms with Crippen LogP contribution < -0.4 is 5.32 Å². The van der Waals surface area contributed by atoms with Gasteiger partial charge >= 0.3 is 0 Å². The number of benzene rings is 1. The lowest BCUT2D eigenvalue weighted by atomic mass is 10.1. The molecule has 24 heavy (non-hydrogen) atoms. The first-order valence-electron chi connectivity index (χ1n) is 7.89. The molecular formula is C16H19Cl2FN2O2S. The number of thioether (sulfide) groups is 1. The molecule has 4 nitrogen and oxygen atoms in total. The quantitative estimate of drug-likeness (QED) is 0.802. The number of hydrogen-bond donors (Lipinski definition) is 1. The third kappa shape index (κ3) is 4.35. The summed E-state index contributed by atoms with van der Waals surface area (Å²) in [6.07, 6.45) is 0.0401. The highest BCUT2D eigenvalue weighted by Crippen LogP contribution is 2.32. The second-order valence-corrected chi connectivity index (χ2v) is 7.88. The van der Waals surface area contributed by atoms with E-state index in [1.165, 1.54) is 12.1 Å². The summed E-state index contributed by atoms with van der Waals surface area (Å²) in [6.45, 7) is 2.26. The predicted molar refractivity (Wildman–Crippen MR) is 95.4 cm³/mol. The average molecular weight is 393 g/mol. The van der Waals surface area contributed by atoms with Crippen LogP contribution in [0.15, 0.2) is 12.1 Å². The Morgan fingerprint density at radius 1 is 1.42 bits per heavy atom. The van der Waals surface area contributed by atoms with Crippen molar-refractivity contribution in [3.63, 3.8) is 0 Å². The number of morpholine rings is 1. The van der Waals surface area contributed by atoms with Crippen molar-refractivity contribution in [2.75, 3.05) is 37.7 Å². The highest BCUT2D eigenvalue weighted by atomic mass is 35.5. The van der Waals surface area contributed by atoms with Gasteiger partial charge in [0.1, 0.15) is 11.9 Å². The van der Waals surface area contributed by atoms with Crippen molar-refractivity contribution in [3.05, 3.63) is 33.6 Å². The van der Waals surface area contributed by atoms with Crippen LogP contribution in [0.5, 0.6) is 0 Å². The molecular weight excluding hydrogens is 374 g/mol. The van der Waals surface area contributed by atoms with Gasteiger partial charge in [0.05, 0.1) is 18.2 Å². The fourth-order valence-corrected chi connectivity index (χ4v) is 4.39. The van der Waals surface area contributed by atoms with Gasteiger partial charge < -0.3 is 15.0 Å². The van der Waals surface area contributed by atoms with Crippen molar-refractivity contribution < 1.29 is 13.9 Å². The minimum Gasteiger partial charge on any atom is -0.370 e. The Hall–Kier alpha value is -0.530. The van der Waals surface area contributed by atoms with Crippen LogP contribution >= 0.6 is 35.0 Å². The second kappa shape index (κ2) is 8.23. The molecule has 2 unspecified atom stereocenters. The average Bonchev–Trinajstić information content (AvgIpc) is 2.59. The van der Waals surface area contributed by atoms with E-state index in [-0.39, 0.29) is 17.0 Å². The van der Waals surface area contributed by atoms with E-state index in [2.05, 4.69) is 5.32 Å². The van der Waals surface area contributed by atoms with Gasteiger partial charge in [-0.05, 0) is 12.1 Å². The summed E-state index contributed by atoms with van der Waals surface area (Å²) in [7, 11) is 0.